The highest BCUT2D eigenvalue weighted by atomic mass is 15.4. The van der Waals surface area contributed by atoms with Gasteiger partial charge in [-0.15, -0.1) is 0 Å². The van der Waals surface area contributed by atoms with Gasteiger partial charge in [0, 0.05) is 25.5 Å². The highest BCUT2D eigenvalue weighted by molar-refractivity contribution is 5.99. The molecule has 1 aromatic heterocycles. The molecule has 0 amide bonds. The molecular weight excluding hydrogens is 228 g/mol. The topological polar surface area (TPSA) is 81.8 Å². The number of H-pyrrole nitrogens is 1. The summed E-state index contributed by atoms with van der Waals surface area (Å²) >= 11 is 0. The Morgan fingerprint density at radius 2 is 2.22 bits per heavy atom. The maximum absolute atomic E-state index is 5.69. The first kappa shape index (κ1) is 12.5. The SMILES string of the molecule is Cc1[nH]ccc1CCN(C)C1=NC(C)N=C(N)N1. The number of nitrogens with zero attached hydrogens (tertiary/aromatic N) is 3. The van der Waals surface area contributed by atoms with Gasteiger partial charge in [0.1, 0.15) is 6.17 Å². The first-order valence-corrected chi connectivity index (χ1v) is 6.08. The number of likely N-dealkylation sites (N-methyl/N-ethyl adjacent to an activating group) is 1. The lowest BCUT2D eigenvalue weighted by Gasteiger charge is -2.25. The smallest absolute Gasteiger partial charge is 0.202 e. The predicted octanol–water partition coefficient (Wildman–Crippen LogP) is 0.417. The van der Waals surface area contributed by atoms with E-state index in [-0.39, 0.29) is 6.17 Å². The molecule has 0 saturated carbocycles. The minimum atomic E-state index is -0.113. The largest absolute Gasteiger partial charge is 0.370 e. The van der Waals surface area contributed by atoms with Crippen LogP contribution in [0.4, 0.5) is 0 Å². The number of aromatic nitrogens is 1. The second kappa shape index (κ2) is 5.12. The van der Waals surface area contributed by atoms with Crippen molar-refractivity contribution in [2.45, 2.75) is 26.4 Å². The third-order valence-electron chi connectivity index (χ3n) is 3.02. The van der Waals surface area contributed by atoms with Crippen molar-refractivity contribution in [1.82, 2.24) is 15.2 Å². The van der Waals surface area contributed by atoms with Crippen LogP contribution in [0.5, 0.6) is 0 Å². The number of aryl methyl sites for hydroxylation is 1. The summed E-state index contributed by atoms with van der Waals surface area (Å²) in [4.78, 5) is 13.8. The molecule has 4 N–H and O–H groups in total. The molecule has 1 aromatic rings. The molecule has 0 aliphatic carbocycles. The summed E-state index contributed by atoms with van der Waals surface area (Å²) in [5.41, 5.74) is 8.24. The van der Waals surface area contributed by atoms with Gasteiger partial charge in [0.25, 0.3) is 0 Å². The second-order valence-corrected chi connectivity index (χ2v) is 4.52. The number of hydrogen-bond acceptors (Lipinski definition) is 5. The fourth-order valence-corrected chi connectivity index (χ4v) is 1.93. The van der Waals surface area contributed by atoms with Gasteiger partial charge < -0.3 is 15.6 Å². The van der Waals surface area contributed by atoms with Gasteiger partial charge in [-0.25, -0.2) is 9.98 Å². The Bertz CT molecular complexity index is 473. The number of aromatic amines is 1. The number of hydrogen-bond donors (Lipinski definition) is 3. The lowest BCUT2D eigenvalue weighted by atomic mass is 10.2. The lowest BCUT2D eigenvalue weighted by molar-refractivity contribution is 0.486. The minimum absolute atomic E-state index is 0.113. The van der Waals surface area contributed by atoms with E-state index in [9.17, 15) is 0 Å². The van der Waals surface area contributed by atoms with E-state index in [2.05, 4.69) is 38.2 Å². The summed E-state index contributed by atoms with van der Waals surface area (Å²) in [5, 5.41) is 2.99. The minimum Gasteiger partial charge on any atom is -0.370 e. The maximum Gasteiger partial charge on any atom is 0.202 e. The number of nitrogens with two attached hydrogens (primary N) is 1. The second-order valence-electron chi connectivity index (χ2n) is 4.52. The molecule has 1 aliphatic heterocycles. The summed E-state index contributed by atoms with van der Waals surface area (Å²) in [6.45, 7) is 4.88. The van der Waals surface area contributed by atoms with Crippen molar-refractivity contribution >= 4 is 11.9 Å². The van der Waals surface area contributed by atoms with E-state index in [0.717, 1.165) is 18.9 Å². The summed E-state index contributed by atoms with van der Waals surface area (Å²) in [5.74, 6) is 1.21. The van der Waals surface area contributed by atoms with Crippen LogP contribution in [0.1, 0.15) is 18.2 Å². The fourth-order valence-electron chi connectivity index (χ4n) is 1.93. The molecule has 0 bridgehead atoms. The van der Waals surface area contributed by atoms with Gasteiger partial charge in [-0.1, -0.05) is 0 Å². The van der Waals surface area contributed by atoms with Gasteiger partial charge in [0.05, 0.1) is 0 Å². The van der Waals surface area contributed by atoms with Crippen LogP contribution in [0, 0.1) is 6.92 Å². The van der Waals surface area contributed by atoms with Crippen LogP contribution in [-0.4, -0.2) is 41.6 Å². The average molecular weight is 248 g/mol. The van der Waals surface area contributed by atoms with Crippen molar-refractivity contribution < 1.29 is 0 Å². The van der Waals surface area contributed by atoms with E-state index >= 15 is 0 Å². The van der Waals surface area contributed by atoms with Crippen LogP contribution in [0.2, 0.25) is 0 Å². The molecule has 0 radical (unpaired) electrons. The van der Waals surface area contributed by atoms with Crippen molar-refractivity contribution in [3.05, 3.63) is 23.5 Å². The van der Waals surface area contributed by atoms with Gasteiger partial charge in [-0.05, 0) is 31.9 Å². The Morgan fingerprint density at radius 1 is 1.44 bits per heavy atom. The van der Waals surface area contributed by atoms with Gasteiger partial charge in [0.15, 0.2) is 5.96 Å². The fraction of sp³-hybridized carbons (Fsp3) is 0.500. The highest BCUT2D eigenvalue weighted by Crippen LogP contribution is 2.07. The number of rotatable bonds is 3. The molecule has 1 aliphatic rings. The van der Waals surface area contributed by atoms with Crippen LogP contribution in [0.25, 0.3) is 0 Å². The molecule has 1 atom stereocenters. The Balaban J connectivity index is 1.93. The van der Waals surface area contributed by atoms with Crippen molar-refractivity contribution in [2.24, 2.45) is 15.7 Å². The molecular formula is C12H20N6. The Labute approximate surface area is 107 Å². The predicted molar refractivity (Wildman–Crippen MR) is 73.5 cm³/mol. The monoisotopic (exact) mass is 248 g/mol. The Hall–Kier alpha value is -1.98. The highest BCUT2D eigenvalue weighted by Gasteiger charge is 2.14. The quantitative estimate of drug-likeness (QED) is 0.725. The standard InChI is InChI=1S/C12H20N6/c1-8-10(4-6-14-8)5-7-18(3)12-16-9(2)15-11(13)17-12/h4,6,9,14H,5,7H2,1-3H3,(H3,13,15,16,17). The zero-order chi connectivity index (χ0) is 13.1. The maximum atomic E-state index is 5.69. The number of aliphatic imine (C=N–C) groups is 2. The van der Waals surface area contributed by atoms with Gasteiger partial charge in [0.2, 0.25) is 5.96 Å². The normalized spacial score (nSPS) is 18.9. The van der Waals surface area contributed by atoms with Crippen LogP contribution >= 0.6 is 0 Å². The molecule has 0 fully saturated rings. The third-order valence-corrected chi connectivity index (χ3v) is 3.02. The van der Waals surface area contributed by atoms with Crippen molar-refractivity contribution in [3.63, 3.8) is 0 Å². The van der Waals surface area contributed by atoms with Gasteiger partial charge >= 0.3 is 0 Å². The molecule has 0 saturated heterocycles. The average Bonchev–Trinajstić information content (AvgIpc) is 2.70. The molecule has 18 heavy (non-hydrogen) atoms. The molecule has 0 aromatic carbocycles. The Morgan fingerprint density at radius 3 is 2.83 bits per heavy atom. The number of nitrogens with one attached hydrogen (secondary N) is 2. The van der Waals surface area contributed by atoms with Crippen LogP contribution in [0.15, 0.2) is 22.2 Å². The molecule has 6 heteroatoms. The first-order valence-electron chi connectivity index (χ1n) is 6.08. The van der Waals surface area contributed by atoms with Gasteiger partial charge in [-0.2, -0.15) is 0 Å². The summed E-state index contributed by atoms with van der Waals surface area (Å²) in [6.07, 6.45) is 2.82. The summed E-state index contributed by atoms with van der Waals surface area (Å²) in [7, 11) is 2.00. The van der Waals surface area contributed by atoms with E-state index in [1.165, 1.54) is 11.3 Å². The van der Waals surface area contributed by atoms with Crippen LogP contribution in [-0.2, 0) is 6.42 Å². The van der Waals surface area contributed by atoms with Crippen molar-refractivity contribution in [3.8, 4) is 0 Å². The third kappa shape index (κ3) is 2.82. The molecule has 0 spiro atoms. The summed E-state index contributed by atoms with van der Waals surface area (Å²) < 4.78 is 0. The summed E-state index contributed by atoms with van der Waals surface area (Å²) in [6, 6.07) is 2.11. The van der Waals surface area contributed by atoms with Crippen LogP contribution in [0.3, 0.4) is 0 Å². The zero-order valence-corrected chi connectivity index (χ0v) is 11.1. The van der Waals surface area contributed by atoms with Crippen molar-refractivity contribution in [2.75, 3.05) is 13.6 Å². The molecule has 1 unspecified atom stereocenters. The van der Waals surface area contributed by atoms with E-state index in [0.29, 0.717) is 5.96 Å². The molecule has 2 heterocycles. The lowest BCUT2D eigenvalue weighted by Crippen LogP contribution is -2.49. The van der Waals surface area contributed by atoms with E-state index in [1.54, 1.807) is 0 Å². The zero-order valence-electron chi connectivity index (χ0n) is 11.1. The van der Waals surface area contributed by atoms with Gasteiger partial charge in [-0.3, -0.25) is 5.32 Å². The van der Waals surface area contributed by atoms with E-state index in [4.69, 9.17) is 5.73 Å². The van der Waals surface area contributed by atoms with E-state index in [1.807, 2.05) is 20.2 Å². The molecule has 6 nitrogen and oxygen atoms in total. The molecule has 98 valence electrons. The molecule has 2 rings (SSSR count). The van der Waals surface area contributed by atoms with E-state index < -0.39 is 0 Å². The van der Waals surface area contributed by atoms with Crippen molar-refractivity contribution in [1.29, 1.82) is 0 Å². The Kier molecular flexibility index (Phi) is 3.55. The van der Waals surface area contributed by atoms with Crippen LogP contribution < -0.4 is 11.1 Å². The number of guanidine groups is 2. The first-order chi connectivity index (χ1) is 8.56.